The molecule has 6 nitrogen and oxygen atoms in total. The predicted octanol–water partition coefficient (Wildman–Crippen LogP) is 0.601. The monoisotopic (exact) mass is 354 g/mol. The zero-order chi connectivity index (χ0) is 15.5. The average molecular weight is 355 g/mol. The predicted molar refractivity (Wildman–Crippen MR) is 88.1 cm³/mol. The van der Waals surface area contributed by atoms with E-state index in [-0.39, 0.29) is 30.4 Å². The molecular formula is C14H27ClN2O4S. The molecule has 1 heterocycles. The molecule has 0 spiro atoms. The third-order valence-electron chi connectivity index (χ3n) is 4.53. The Morgan fingerprint density at radius 3 is 2.59 bits per heavy atom. The molecule has 3 atom stereocenters. The van der Waals surface area contributed by atoms with Crippen molar-refractivity contribution >= 4 is 28.2 Å². The highest BCUT2D eigenvalue weighted by molar-refractivity contribution is 7.91. The van der Waals surface area contributed by atoms with Gasteiger partial charge in [0.2, 0.25) is 5.91 Å². The molecule has 8 heteroatoms. The van der Waals surface area contributed by atoms with E-state index in [0.29, 0.717) is 26.1 Å². The van der Waals surface area contributed by atoms with Gasteiger partial charge in [-0.2, -0.15) is 0 Å². The summed E-state index contributed by atoms with van der Waals surface area (Å²) in [4.78, 5) is 14.1. The molecule has 22 heavy (non-hydrogen) atoms. The summed E-state index contributed by atoms with van der Waals surface area (Å²) < 4.78 is 29.2. The molecule has 1 amide bonds. The Labute approximate surface area is 139 Å². The third kappa shape index (κ3) is 5.08. The zero-order valence-corrected chi connectivity index (χ0v) is 14.9. The van der Waals surface area contributed by atoms with Gasteiger partial charge in [0.25, 0.3) is 0 Å². The summed E-state index contributed by atoms with van der Waals surface area (Å²) in [5, 5.41) is 2.84. The standard InChI is InChI=1S/C14H26N2O4S.ClH/c1-16(14(17)9-11-10-20-8-7-15-11)12-5-3-4-6-13(12)21(2,18)19;/h11-13,15H,3-10H2,1-2H3;1H. The van der Waals surface area contributed by atoms with Gasteiger partial charge < -0.3 is 15.0 Å². The van der Waals surface area contributed by atoms with Crippen LogP contribution in [0.1, 0.15) is 32.1 Å². The smallest absolute Gasteiger partial charge is 0.224 e. The second-order valence-electron chi connectivity index (χ2n) is 6.15. The summed E-state index contributed by atoms with van der Waals surface area (Å²) >= 11 is 0. The van der Waals surface area contributed by atoms with Crippen LogP contribution in [0, 0.1) is 0 Å². The highest BCUT2D eigenvalue weighted by atomic mass is 35.5. The number of sulfone groups is 1. The van der Waals surface area contributed by atoms with Gasteiger partial charge in [-0.1, -0.05) is 12.8 Å². The van der Waals surface area contributed by atoms with Crippen LogP contribution in [0.5, 0.6) is 0 Å². The fraction of sp³-hybridized carbons (Fsp3) is 0.929. The van der Waals surface area contributed by atoms with Crippen LogP contribution >= 0.6 is 12.4 Å². The summed E-state index contributed by atoms with van der Waals surface area (Å²) in [7, 11) is -1.38. The van der Waals surface area contributed by atoms with Crippen molar-refractivity contribution in [3.05, 3.63) is 0 Å². The summed E-state index contributed by atoms with van der Waals surface area (Å²) in [5.41, 5.74) is 0. The number of hydrogen-bond donors (Lipinski definition) is 1. The van der Waals surface area contributed by atoms with E-state index in [0.717, 1.165) is 25.8 Å². The molecule has 2 rings (SSSR count). The van der Waals surface area contributed by atoms with Gasteiger partial charge in [-0.3, -0.25) is 4.79 Å². The number of hydrogen-bond acceptors (Lipinski definition) is 5. The van der Waals surface area contributed by atoms with E-state index < -0.39 is 15.1 Å². The Morgan fingerprint density at radius 2 is 2.00 bits per heavy atom. The van der Waals surface area contributed by atoms with E-state index in [2.05, 4.69) is 5.32 Å². The lowest BCUT2D eigenvalue weighted by molar-refractivity contribution is -0.133. The van der Waals surface area contributed by atoms with Crippen molar-refractivity contribution in [1.82, 2.24) is 10.2 Å². The van der Waals surface area contributed by atoms with Crippen molar-refractivity contribution < 1.29 is 17.9 Å². The van der Waals surface area contributed by atoms with Gasteiger partial charge in [0.15, 0.2) is 9.84 Å². The molecule has 0 aromatic carbocycles. The van der Waals surface area contributed by atoms with E-state index in [4.69, 9.17) is 4.74 Å². The van der Waals surface area contributed by atoms with Crippen LogP contribution in [0.3, 0.4) is 0 Å². The molecule has 1 aliphatic carbocycles. The van der Waals surface area contributed by atoms with E-state index >= 15 is 0 Å². The lowest BCUT2D eigenvalue weighted by atomic mass is 9.93. The maximum Gasteiger partial charge on any atom is 0.224 e. The topological polar surface area (TPSA) is 75.7 Å². The number of rotatable bonds is 4. The molecule has 0 bridgehead atoms. The van der Waals surface area contributed by atoms with Crippen LogP contribution in [0.25, 0.3) is 0 Å². The van der Waals surface area contributed by atoms with Crippen LogP contribution in [0.4, 0.5) is 0 Å². The summed E-state index contributed by atoms with van der Waals surface area (Å²) in [6.45, 7) is 1.98. The van der Waals surface area contributed by atoms with Crippen molar-refractivity contribution in [3.63, 3.8) is 0 Å². The van der Waals surface area contributed by atoms with Gasteiger partial charge >= 0.3 is 0 Å². The minimum Gasteiger partial charge on any atom is -0.378 e. The van der Waals surface area contributed by atoms with Crippen molar-refractivity contribution in [2.45, 2.75) is 49.4 Å². The van der Waals surface area contributed by atoms with Gasteiger partial charge in [-0.05, 0) is 12.8 Å². The fourth-order valence-corrected chi connectivity index (χ4v) is 4.79. The first kappa shape index (κ1) is 19.7. The maximum atomic E-state index is 12.4. The molecule has 1 N–H and O–H groups in total. The highest BCUT2D eigenvalue weighted by Gasteiger charge is 2.37. The first-order chi connectivity index (χ1) is 9.89. The number of amides is 1. The average Bonchev–Trinajstić information content (AvgIpc) is 2.46. The Hall–Kier alpha value is -0.370. The summed E-state index contributed by atoms with van der Waals surface area (Å²) in [5.74, 6) is -0.00134. The molecule has 3 unspecified atom stereocenters. The van der Waals surface area contributed by atoms with Gasteiger partial charge in [-0.25, -0.2) is 8.42 Å². The highest BCUT2D eigenvalue weighted by Crippen LogP contribution is 2.27. The van der Waals surface area contributed by atoms with Crippen molar-refractivity contribution in [2.75, 3.05) is 33.1 Å². The SMILES string of the molecule is CN(C(=O)CC1COCCN1)C1CCCCC1S(C)(=O)=O.Cl. The van der Waals surface area contributed by atoms with Crippen molar-refractivity contribution in [1.29, 1.82) is 0 Å². The molecule has 0 aromatic heterocycles. The number of nitrogens with one attached hydrogen (secondary N) is 1. The van der Waals surface area contributed by atoms with E-state index in [1.807, 2.05) is 0 Å². The summed E-state index contributed by atoms with van der Waals surface area (Å²) in [6.07, 6.45) is 4.99. The molecule has 1 saturated carbocycles. The Morgan fingerprint density at radius 1 is 1.32 bits per heavy atom. The first-order valence-electron chi connectivity index (χ1n) is 7.65. The molecule has 0 radical (unpaired) electrons. The number of nitrogens with zero attached hydrogens (tertiary/aromatic N) is 1. The van der Waals surface area contributed by atoms with E-state index in [1.54, 1.807) is 11.9 Å². The zero-order valence-electron chi connectivity index (χ0n) is 13.3. The molecular weight excluding hydrogens is 328 g/mol. The van der Waals surface area contributed by atoms with Gasteiger partial charge in [0, 0.05) is 38.4 Å². The number of ether oxygens (including phenoxy) is 1. The molecule has 1 aliphatic heterocycles. The van der Waals surface area contributed by atoms with Crippen LogP contribution in [-0.4, -0.2) is 69.6 Å². The normalized spacial score (nSPS) is 29.5. The molecule has 2 fully saturated rings. The van der Waals surface area contributed by atoms with Crippen LogP contribution in [0.15, 0.2) is 0 Å². The molecule has 1 saturated heterocycles. The quantitative estimate of drug-likeness (QED) is 0.800. The number of carbonyl (C=O) groups excluding carboxylic acids is 1. The minimum absolute atomic E-state index is 0. The largest absolute Gasteiger partial charge is 0.378 e. The fourth-order valence-electron chi connectivity index (χ4n) is 3.31. The third-order valence-corrected chi connectivity index (χ3v) is 6.18. The van der Waals surface area contributed by atoms with Crippen LogP contribution in [-0.2, 0) is 19.4 Å². The van der Waals surface area contributed by atoms with Crippen molar-refractivity contribution in [3.8, 4) is 0 Å². The lowest BCUT2D eigenvalue weighted by Gasteiger charge is -2.37. The summed E-state index contributed by atoms with van der Waals surface area (Å²) in [6, 6.07) is -0.153. The number of halogens is 1. The minimum atomic E-state index is -3.12. The Balaban J connectivity index is 0.00000242. The van der Waals surface area contributed by atoms with Crippen molar-refractivity contribution in [2.24, 2.45) is 0 Å². The second kappa shape index (κ2) is 8.47. The maximum absolute atomic E-state index is 12.4. The van der Waals surface area contributed by atoms with Gasteiger partial charge in [-0.15, -0.1) is 12.4 Å². The van der Waals surface area contributed by atoms with Crippen LogP contribution < -0.4 is 5.32 Å². The lowest BCUT2D eigenvalue weighted by Crippen LogP contribution is -2.51. The van der Waals surface area contributed by atoms with E-state index in [9.17, 15) is 13.2 Å². The molecule has 130 valence electrons. The van der Waals surface area contributed by atoms with Crippen LogP contribution in [0.2, 0.25) is 0 Å². The first-order valence-corrected chi connectivity index (χ1v) is 9.60. The molecule has 0 aromatic rings. The number of morpholine rings is 1. The van der Waals surface area contributed by atoms with Gasteiger partial charge in [0.05, 0.1) is 18.5 Å². The molecule has 2 aliphatic rings. The Kier molecular flexibility index (Phi) is 7.58. The second-order valence-corrected chi connectivity index (χ2v) is 8.42. The Bertz CT molecular complexity index is 465. The van der Waals surface area contributed by atoms with E-state index in [1.165, 1.54) is 6.26 Å². The van der Waals surface area contributed by atoms with Gasteiger partial charge in [0.1, 0.15) is 0 Å². The number of carbonyl (C=O) groups is 1.